The summed E-state index contributed by atoms with van der Waals surface area (Å²) >= 11 is 0. The lowest BCUT2D eigenvalue weighted by molar-refractivity contribution is -0.288. The summed E-state index contributed by atoms with van der Waals surface area (Å²) in [5.74, 6) is 0.305. The van der Waals surface area contributed by atoms with E-state index in [1.54, 1.807) is 48.5 Å². The topological polar surface area (TPSA) is 86.7 Å². The highest BCUT2D eigenvalue weighted by atomic mass is 19.4. The Morgan fingerprint density at radius 1 is 0.449 bits per heavy atom. The van der Waals surface area contributed by atoms with E-state index in [4.69, 9.17) is 9.47 Å². The third kappa shape index (κ3) is 9.88. The maximum absolute atomic E-state index is 13.8. The average molecular weight is 689 g/mol. The summed E-state index contributed by atoms with van der Waals surface area (Å²) in [6, 6.07) is 20.7. The van der Waals surface area contributed by atoms with Crippen molar-refractivity contribution in [2.45, 2.75) is 45.5 Å². The van der Waals surface area contributed by atoms with E-state index in [-0.39, 0.29) is 34.6 Å². The van der Waals surface area contributed by atoms with E-state index in [0.717, 1.165) is 48.5 Å². The number of hydrogen-bond donors (Lipinski definition) is 0. The van der Waals surface area contributed by atoms with Crippen molar-refractivity contribution in [3.05, 3.63) is 130 Å². The van der Waals surface area contributed by atoms with Crippen LogP contribution in [0.1, 0.15) is 80.3 Å². The number of hydrogen-bond acceptors (Lipinski definition) is 6. The van der Waals surface area contributed by atoms with Crippen LogP contribution in [0, 0.1) is 0 Å². The van der Waals surface area contributed by atoms with Gasteiger partial charge in [0.15, 0.2) is 23.1 Å². The van der Waals surface area contributed by atoms with Gasteiger partial charge in [-0.15, -0.1) is 0 Å². The molecular formula is C37H34F6O6. The molecule has 4 rings (SSSR count). The summed E-state index contributed by atoms with van der Waals surface area (Å²) in [5.41, 5.74) is -3.61. The van der Waals surface area contributed by atoms with Gasteiger partial charge in [0.1, 0.15) is 11.5 Å². The zero-order valence-corrected chi connectivity index (χ0v) is 27.5. The van der Waals surface area contributed by atoms with Crippen molar-refractivity contribution >= 4 is 23.1 Å². The van der Waals surface area contributed by atoms with Gasteiger partial charge in [0, 0.05) is 22.3 Å². The van der Waals surface area contributed by atoms with E-state index < -0.39 is 28.9 Å². The van der Waals surface area contributed by atoms with Gasteiger partial charge in [-0.05, 0) is 69.2 Å². The van der Waals surface area contributed by atoms with Gasteiger partial charge in [0.25, 0.3) is 0 Å². The minimum absolute atomic E-state index is 0.0156. The van der Waals surface area contributed by atoms with Gasteiger partial charge >= 0.3 is 12.4 Å². The molecule has 6 nitrogen and oxygen atoms in total. The molecule has 260 valence electrons. The summed E-state index contributed by atoms with van der Waals surface area (Å²) in [7, 11) is 2.53. The van der Waals surface area contributed by atoms with Crippen LogP contribution in [-0.4, -0.2) is 49.7 Å². The van der Waals surface area contributed by atoms with E-state index in [0.29, 0.717) is 22.3 Å². The normalized spacial score (nSPS) is 11.2. The Kier molecular flexibility index (Phi) is 13.6. The first kappa shape index (κ1) is 39.9. The molecule has 0 unspecified atom stereocenters. The van der Waals surface area contributed by atoms with Crippen LogP contribution in [0.4, 0.5) is 26.3 Å². The molecule has 0 amide bonds. The largest absolute Gasteiger partial charge is 0.497 e. The molecule has 0 aliphatic heterocycles. The highest BCUT2D eigenvalue weighted by molar-refractivity contribution is 5.99. The van der Waals surface area contributed by atoms with Crippen LogP contribution in [0.5, 0.6) is 11.5 Å². The first-order chi connectivity index (χ1) is 22.8. The Balaban J connectivity index is 0.000000289. The molecular weight excluding hydrogens is 654 g/mol. The Bertz CT molecular complexity index is 1620. The van der Waals surface area contributed by atoms with E-state index in [1.807, 2.05) is 0 Å². The van der Waals surface area contributed by atoms with Crippen molar-refractivity contribution in [3.8, 4) is 11.5 Å². The quantitative estimate of drug-likeness (QED) is 0.136. The molecule has 0 fully saturated rings. The second kappa shape index (κ2) is 16.7. The number of carbonyl (C=O) groups is 4. The molecule has 0 saturated carbocycles. The van der Waals surface area contributed by atoms with Gasteiger partial charge in [0.2, 0.25) is 5.41 Å². The Labute approximate surface area is 279 Å². The van der Waals surface area contributed by atoms with Gasteiger partial charge in [-0.1, -0.05) is 66.7 Å². The van der Waals surface area contributed by atoms with Gasteiger partial charge < -0.3 is 9.47 Å². The summed E-state index contributed by atoms with van der Waals surface area (Å²) < 4.78 is 92.6. The first-order valence-electron chi connectivity index (χ1n) is 14.5. The lowest BCUT2D eigenvalue weighted by Gasteiger charge is -2.38. The number of benzene rings is 4. The van der Waals surface area contributed by atoms with E-state index in [9.17, 15) is 45.5 Å². The van der Waals surface area contributed by atoms with E-state index in [1.165, 1.54) is 41.9 Å². The zero-order chi connectivity index (χ0) is 37.2. The number of alkyl halides is 6. The Morgan fingerprint density at radius 2 is 0.735 bits per heavy atom. The molecule has 0 saturated heterocycles. The fourth-order valence-electron chi connectivity index (χ4n) is 4.56. The average Bonchev–Trinajstić information content (AvgIpc) is 3.05. The van der Waals surface area contributed by atoms with Gasteiger partial charge in [-0.2, -0.15) is 26.3 Å². The summed E-state index contributed by atoms with van der Waals surface area (Å²) in [5, 5.41) is 0. The predicted octanol–water partition coefficient (Wildman–Crippen LogP) is 9.30. The van der Waals surface area contributed by atoms with Crippen LogP contribution < -0.4 is 9.47 Å². The van der Waals surface area contributed by atoms with Crippen LogP contribution >= 0.6 is 0 Å². The van der Waals surface area contributed by atoms with Gasteiger partial charge in [0.05, 0.1) is 14.2 Å². The molecule has 49 heavy (non-hydrogen) atoms. The molecule has 0 spiro atoms. The smallest absolute Gasteiger partial charge is 0.411 e. The second-order valence-electron chi connectivity index (χ2n) is 10.6. The highest BCUT2D eigenvalue weighted by Crippen LogP contribution is 2.56. The maximum atomic E-state index is 13.8. The molecule has 4 aromatic rings. The second-order valence-corrected chi connectivity index (χ2v) is 10.6. The van der Waals surface area contributed by atoms with Crippen LogP contribution in [0.2, 0.25) is 0 Å². The van der Waals surface area contributed by atoms with Crippen molar-refractivity contribution in [1.82, 2.24) is 0 Å². The summed E-state index contributed by atoms with van der Waals surface area (Å²) in [4.78, 5) is 43.5. The molecule has 0 bridgehead atoms. The van der Waals surface area contributed by atoms with Crippen LogP contribution in [0.25, 0.3) is 0 Å². The first-order valence-corrected chi connectivity index (χ1v) is 14.5. The predicted molar refractivity (Wildman–Crippen MR) is 172 cm³/mol. The van der Waals surface area contributed by atoms with Crippen molar-refractivity contribution in [1.29, 1.82) is 0 Å². The van der Waals surface area contributed by atoms with E-state index in [2.05, 4.69) is 0 Å². The molecule has 0 heterocycles. The third-order valence-electron chi connectivity index (χ3n) is 7.27. The van der Waals surface area contributed by atoms with Gasteiger partial charge in [-0.3, -0.25) is 19.2 Å². The Hall–Kier alpha value is -5.26. The summed E-state index contributed by atoms with van der Waals surface area (Å²) in [6.07, 6.45) is -11.2. The lowest BCUT2D eigenvalue weighted by Crippen LogP contribution is -2.54. The fourth-order valence-corrected chi connectivity index (χ4v) is 4.56. The zero-order valence-electron chi connectivity index (χ0n) is 27.5. The molecule has 0 aliphatic carbocycles. The number of halogens is 6. The van der Waals surface area contributed by atoms with Crippen molar-refractivity contribution in [2.75, 3.05) is 14.2 Å². The summed E-state index contributed by atoms with van der Waals surface area (Å²) in [6.45, 7) is 5.98. The molecule has 12 heteroatoms. The number of methoxy groups -OCH3 is 2. The van der Waals surface area contributed by atoms with E-state index >= 15 is 0 Å². The van der Waals surface area contributed by atoms with Crippen LogP contribution in [-0.2, 0) is 5.41 Å². The number of ether oxygens (including phenoxy) is 2. The third-order valence-corrected chi connectivity index (χ3v) is 7.27. The lowest BCUT2D eigenvalue weighted by atomic mass is 9.73. The highest BCUT2D eigenvalue weighted by Gasteiger charge is 2.72. The molecule has 0 radical (unpaired) electrons. The van der Waals surface area contributed by atoms with Crippen LogP contribution in [0.15, 0.2) is 97.1 Å². The standard InChI is InChI=1S/C17H14F6O2.2C10H10O2/c1-24-13-7-3-11(4-8-13)15(16(18,19)20,17(21,22)23)12-5-9-14(25-2)10-6-12;1-7(11)9-3-5-10(6-4-9)8(2)12;1-7(11)9-4-3-5-10(6-9)8(2)12/h3-10H,1-2H3;2*3-6H,1-2H3. The molecule has 4 aromatic carbocycles. The Morgan fingerprint density at radius 3 is 0.959 bits per heavy atom. The van der Waals surface area contributed by atoms with Crippen LogP contribution in [0.3, 0.4) is 0 Å². The number of Topliss-reactive ketones (excluding diaryl/α,β-unsaturated/α-hetero) is 4. The minimum Gasteiger partial charge on any atom is -0.497 e. The number of carbonyl (C=O) groups excluding carboxylic acids is 4. The molecule has 0 N–H and O–H groups in total. The number of ketones is 4. The van der Waals surface area contributed by atoms with Crippen molar-refractivity contribution < 1.29 is 55.0 Å². The maximum Gasteiger partial charge on any atom is 0.411 e. The van der Waals surface area contributed by atoms with Crippen molar-refractivity contribution in [2.24, 2.45) is 0 Å². The molecule has 0 aliphatic rings. The molecule has 0 aromatic heterocycles. The van der Waals surface area contributed by atoms with Gasteiger partial charge in [-0.25, -0.2) is 0 Å². The van der Waals surface area contributed by atoms with Crippen molar-refractivity contribution in [3.63, 3.8) is 0 Å². The fraction of sp³-hybridized carbons (Fsp3) is 0.243. The molecule has 0 atom stereocenters. The number of rotatable bonds is 8. The monoisotopic (exact) mass is 688 g/mol. The minimum atomic E-state index is -5.62. The SMILES string of the molecule is CC(=O)c1ccc(C(C)=O)cc1.CC(=O)c1cccc(C(C)=O)c1.COc1ccc(C(c2ccc(OC)cc2)(C(F)(F)F)C(F)(F)F)cc1.